The standard InChI is InChI=1S/C23H27N3O2S/c1-3-20(16-6-8-18(28-2)9-7-16)25-23(27)17-5-4-13-26(15-17)22-19-11-14-29-21(19)10-12-24-22/h6-12,14,17,20H,3-5,13,15H2,1-2H3,(H,25,27)/t17-,20+/m1/s1. The number of hydrogen-bond donors (Lipinski definition) is 1. The number of benzene rings is 1. The molecule has 5 nitrogen and oxygen atoms in total. The summed E-state index contributed by atoms with van der Waals surface area (Å²) in [5, 5.41) is 6.55. The lowest BCUT2D eigenvalue weighted by Crippen LogP contribution is -2.44. The van der Waals surface area contributed by atoms with Gasteiger partial charge in [0.05, 0.1) is 19.1 Å². The van der Waals surface area contributed by atoms with Gasteiger partial charge in [-0.05, 0) is 54.5 Å². The predicted octanol–water partition coefficient (Wildman–Crippen LogP) is 4.79. The first-order valence-electron chi connectivity index (χ1n) is 10.2. The lowest BCUT2D eigenvalue weighted by Gasteiger charge is -2.34. The molecule has 1 fully saturated rings. The number of hydrogen-bond acceptors (Lipinski definition) is 5. The maximum Gasteiger partial charge on any atom is 0.225 e. The number of anilines is 1. The Balaban J connectivity index is 1.46. The first kappa shape index (κ1) is 19.7. The van der Waals surface area contributed by atoms with Crippen LogP contribution >= 0.6 is 11.3 Å². The molecule has 1 aliphatic heterocycles. The number of nitrogens with one attached hydrogen (secondary N) is 1. The van der Waals surface area contributed by atoms with Crippen LogP contribution in [0.2, 0.25) is 0 Å². The number of fused-ring (bicyclic) bond motifs is 1. The second-order valence-corrected chi connectivity index (χ2v) is 8.44. The second kappa shape index (κ2) is 8.82. The van der Waals surface area contributed by atoms with E-state index in [1.165, 1.54) is 10.1 Å². The van der Waals surface area contributed by atoms with Crippen LogP contribution in [0.4, 0.5) is 5.82 Å². The molecule has 0 unspecified atom stereocenters. The molecule has 1 amide bonds. The van der Waals surface area contributed by atoms with Crippen LogP contribution in [0.1, 0.15) is 37.8 Å². The molecular formula is C23H27N3O2S. The Hall–Kier alpha value is -2.60. The number of carbonyl (C=O) groups excluding carboxylic acids is 1. The highest BCUT2D eigenvalue weighted by Gasteiger charge is 2.28. The van der Waals surface area contributed by atoms with E-state index in [2.05, 4.69) is 39.6 Å². The third-order valence-corrected chi connectivity index (χ3v) is 6.58. The fourth-order valence-corrected chi connectivity index (χ4v) is 4.84. The number of methoxy groups -OCH3 is 1. The van der Waals surface area contributed by atoms with Crippen LogP contribution in [0.15, 0.2) is 48.0 Å². The maximum absolute atomic E-state index is 13.1. The topological polar surface area (TPSA) is 54.5 Å². The number of rotatable bonds is 6. The molecule has 0 bridgehead atoms. The Kier molecular flexibility index (Phi) is 6.00. The number of amides is 1. The summed E-state index contributed by atoms with van der Waals surface area (Å²) < 4.78 is 6.48. The second-order valence-electron chi connectivity index (χ2n) is 7.49. The molecule has 29 heavy (non-hydrogen) atoms. The van der Waals surface area contributed by atoms with E-state index < -0.39 is 0 Å². The van der Waals surface area contributed by atoms with Crippen molar-refractivity contribution >= 4 is 33.1 Å². The molecule has 3 aromatic rings. The highest BCUT2D eigenvalue weighted by Crippen LogP contribution is 2.31. The van der Waals surface area contributed by atoms with Gasteiger partial charge in [0.25, 0.3) is 0 Å². The van der Waals surface area contributed by atoms with Gasteiger partial charge >= 0.3 is 0 Å². The van der Waals surface area contributed by atoms with Gasteiger partial charge in [-0.2, -0.15) is 0 Å². The first-order valence-corrected chi connectivity index (χ1v) is 11.1. The molecule has 2 aromatic heterocycles. The van der Waals surface area contributed by atoms with E-state index >= 15 is 0 Å². The van der Waals surface area contributed by atoms with Crippen molar-refractivity contribution in [3.63, 3.8) is 0 Å². The van der Waals surface area contributed by atoms with Crippen molar-refractivity contribution in [2.75, 3.05) is 25.1 Å². The van der Waals surface area contributed by atoms with E-state index in [-0.39, 0.29) is 17.9 Å². The SMILES string of the molecule is CC[C@H](NC(=O)[C@@H]1CCCN(c2nccc3sccc23)C1)c1ccc(OC)cc1. The molecule has 3 heterocycles. The van der Waals surface area contributed by atoms with Crippen molar-refractivity contribution in [3.05, 3.63) is 53.5 Å². The van der Waals surface area contributed by atoms with Crippen molar-refractivity contribution in [1.82, 2.24) is 10.3 Å². The fourth-order valence-electron chi connectivity index (χ4n) is 4.06. The number of ether oxygens (including phenoxy) is 1. The third-order valence-electron chi connectivity index (χ3n) is 5.69. The minimum atomic E-state index is -0.0215. The van der Waals surface area contributed by atoms with Crippen LogP contribution in [-0.2, 0) is 4.79 Å². The summed E-state index contributed by atoms with van der Waals surface area (Å²) >= 11 is 1.73. The Morgan fingerprint density at radius 3 is 2.90 bits per heavy atom. The van der Waals surface area contributed by atoms with E-state index in [0.29, 0.717) is 6.54 Å². The summed E-state index contributed by atoms with van der Waals surface area (Å²) in [6.45, 7) is 3.76. The minimum Gasteiger partial charge on any atom is -0.497 e. The van der Waals surface area contributed by atoms with Crippen molar-refractivity contribution in [3.8, 4) is 5.75 Å². The van der Waals surface area contributed by atoms with E-state index in [0.717, 1.165) is 42.9 Å². The number of aromatic nitrogens is 1. The van der Waals surface area contributed by atoms with Crippen LogP contribution in [0.25, 0.3) is 10.1 Å². The maximum atomic E-state index is 13.1. The van der Waals surface area contributed by atoms with Gasteiger partial charge in [-0.15, -0.1) is 11.3 Å². The molecular weight excluding hydrogens is 382 g/mol. The third kappa shape index (κ3) is 4.22. The predicted molar refractivity (Wildman–Crippen MR) is 119 cm³/mol. The molecule has 0 saturated carbocycles. The van der Waals surface area contributed by atoms with Crippen molar-refractivity contribution in [1.29, 1.82) is 0 Å². The van der Waals surface area contributed by atoms with Gasteiger partial charge < -0.3 is 15.0 Å². The van der Waals surface area contributed by atoms with Crippen molar-refractivity contribution in [2.45, 2.75) is 32.2 Å². The summed E-state index contributed by atoms with van der Waals surface area (Å²) in [4.78, 5) is 20.0. The normalized spacial score (nSPS) is 17.9. The molecule has 1 saturated heterocycles. The highest BCUT2D eigenvalue weighted by molar-refractivity contribution is 7.17. The zero-order chi connectivity index (χ0) is 20.2. The molecule has 0 radical (unpaired) electrons. The van der Waals surface area contributed by atoms with Gasteiger partial charge in [-0.25, -0.2) is 4.98 Å². The molecule has 152 valence electrons. The van der Waals surface area contributed by atoms with E-state index in [1.807, 2.05) is 30.5 Å². The van der Waals surface area contributed by atoms with Gasteiger partial charge in [0, 0.05) is 29.4 Å². The molecule has 6 heteroatoms. The molecule has 2 atom stereocenters. The number of pyridine rings is 1. The first-order chi connectivity index (χ1) is 14.2. The average molecular weight is 410 g/mol. The zero-order valence-corrected chi connectivity index (χ0v) is 17.7. The molecule has 1 N–H and O–H groups in total. The van der Waals surface area contributed by atoms with Gasteiger partial charge in [0.1, 0.15) is 11.6 Å². The quantitative estimate of drug-likeness (QED) is 0.636. The molecule has 4 rings (SSSR count). The van der Waals surface area contributed by atoms with Gasteiger partial charge in [-0.1, -0.05) is 19.1 Å². The molecule has 0 spiro atoms. The van der Waals surface area contributed by atoms with E-state index in [9.17, 15) is 4.79 Å². The summed E-state index contributed by atoms with van der Waals surface area (Å²) in [6.07, 6.45) is 4.64. The molecule has 0 aliphatic carbocycles. The van der Waals surface area contributed by atoms with Crippen LogP contribution in [-0.4, -0.2) is 31.1 Å². The van der Waals surface area contributed by atoms with Crippen LogP contribution < -0.4 is 15.0 Å². The minimum absolute atomic E-state index is 0.0159. The van der Waals surface area contributed by atoms with Crippen LogP contribution in [0.3, 0.4) is 0 Å². The van der Waals surface area contributed by atoms with Crippen molar-refractivity contribution < 1.29 is 9.53 Å². The number of thiophene rings is 1. The number of piperidine rings is 1. The van der Waals surface area contributed by atoms with Gasteiger partial charge in [0.2, 0.25) is 5.91 Å². The summed E-state index contributed by atoms with van der Waals surface area (Å²) in [5.74, 6) is 1.94. The Morgan fingerprint density at radius 1 is 1.31 bits per heavy atom. The fraction of sp³-hybridized carbons (Fsp3) is 0.391. The largest absolute Gasteiger partial charge is 0.497 e. The number of carbonyl (C=O) groups is 1. The summed E-state index contributed by atoms with van der Waals surface area (Å²) in [6, 6.07) is 12.1. The highest BCUT2D eigenvalue weighted by atomic mass is 32.1. The van der Waals surface area contributed by atoms with E-state index in [4.69, 9.17) is 4.74 Å². The Labute approximate surface area is 175 Å². The van der Waals surface area contributed by atoms with Crippen molar-refractivity contribution in [2.24, 2.45) is 5.92 Å². The lowest BCUT2D eigenvalue weighted by molar-refractivity contribution is -0.126. The Morgan fingerprint density at radius 2 is 2.14 bits per heavy atom. The zero-order valence-electron chi connectivity index (χ0n) is 16.9. The summed E-state index contributed by atoms with van der Waals surface area (Å²) in [5.41, 5.74) is 1.11. The van der Waals surface area contributed by atoms with Gasteiger partial charge in [0.15, 0.2) is 0 Å². The monoisotopic (exact) mass is 409 g/mol. The summed E-state index contributed by atoms with van der Waals surface area (Å²) in [7, 11) is 1.66. The average Bonchev–Trinajstić information content (AvgIpc) is 3.26. The molecule has 1 aliphatic rings. The Bertz CT molecular complexity index is 970. The lowest BCUT2D eigenvalue weighted by atomic mass is 9.95. The van der Waals surface area contributed by atoms with Crippen LogP contribution in [0.5, 0.6) is 5.75 Å². The number of nitrogens with zero attached hydrogens (tertiary/aromatic N) is 2. The van der Waals surface area contributed by atoms with E-state index in [1.54, 1.807) is 18.4 Å². The smallest absolute Gasteiger partial charge is 0.225 e. The van der Waals surface area contributed by atoms with Gasteiger partial charge in [-0.3, -0.25) is 4.79 Å². The molecule has 1 aromatic carbocycles. The van der Waals surface area contributed by atoms with Crippen LogP contribution in [0, 0.1) is 5.92 Å².